The Morgan fingerprint density at radius 2 is 2.15 bits per heavy atom. The molecule has 0 aliphatic heterocycles. The van der Waals surface area contributed by atoms with Crippen LogP contribution in [0.2, 0.25) is 5.02 Å². The van der Waals surface area contributed by atoms with Crippen molar-refractivity contribution in [1.29, 1.82) is 0 Å². The molecule has 1 heterocycles. The van der Waals surface area contributed by atoms with E-state index in [4.69, 9.17) is 11.6 Å². The Morgan fingerprint density at radius 3 is 2.75 bits per heavy atom. The van der Waals surface area contributed by atoms with E-state index in [-0.39, 0.29) is 12.1 Å². The number of halogens is 1. The van der Waals surface area contributed by atoms with Gasteiger partial charge in [0.25, 0.3) is 0 Å². The molecule has 1 aliphatic carbocycles. The number of aliphatic hydroxyl groups is 1. The van der Waals surface area contributed by atoms with Crippen molar-refractivity contribution in [2.75, 3.05) is 23.8 Å². The van der Waals surface area contributed by atoms with Gasteiger partial charge in [0.15, 0.2) is 5.82 Å². The van der Waals surface area contributed by atoms with E-state index in [0.717, 1.165) is 38.1 Å². The molecular weight excluding hydrogens is 276 g/mol. The number of anilines is 2. The first-order valence-corrected chi connectivity index (χ1v) is 7.62. The van der Waals surface area contributed by atoms with Crippen molar-refractivity contribution < 1.29 is 5.11 Å². The summed E-state index contributed by atoms with van der Waals surface area (Å²) >= 11 is 6.17. The third kappa shape index (κ3) is 3.52. The van der Waals surface area contributed by atoms with Crippen molar-refractivity contribution in [2.24, 2.45) is 5.92 Å². The van der Waals surface area contributed by atoms with Crippen molar-refractivity contribution in [3.05, 3.63) is 11.2 Å². The van der Waals surface area contributed by atoms with Gasteiger partial charge in [-0.25, -0.2) is 4.98 Å². The van der Waals surface area contributed by atoms with Crippen molar-refractivity contribution in [1.82, 2.24) is 9.97 Å². The zero-order valence-corrected chi connectivity index (χ0v) is 12.9. The molecule has 0 spiro atoms. The Labute approximate surface area is 125 Å². The Hall–Kier alpha value is -1.07. The highest BCUT2D eigenvalue weighted by Gasteiger charge is 2.34. The number of hydrogen-bond donors (Lipinski definition) is 3. The Kier molecular flexibility index (Phi) is 5.05. The Bertz CT molecular complexity index is 447. The largest absolute Gasteiger partial charge is 0.394 e. The first kappa shape index (κ1) is 15.3. The summed E-state index contributed by atoms with van der Waals surface area (Å²) < 4.78 is 0. The highest BCUT2D eigenvalue weighted by molar-refractivity contribution is 6.32. The molecule has 5 nitrogen and oxygen atoms in total. The van der Waals surface area contributed by atoms with Gasteiger partial charge in [-0.15, -0.1) is 0 Å². The molecule has 0 saturated heterocycles. The van der Waals surface area contributed by atoms with E-state index in [1.54, 1.807) is 6.20 Å². The fraction of sp³-hybridized carbons (Fsp3) is 0.714. The molecule has 1 fully saturated rings. The zero-order chi connectivity index (χ0) is 14.6. The van der Waals surface area contributed by atoms with Gasteiger partial charge in [0.05, 0.1) is 18.3 Å². The first-order valence-electron chi connectivity index (χ1n) is 7.24. The van der Waals surface area contributed by atoms with Crippen LogP contribution in [-0.4, -0.2) is 33.8 Å². The number of nitrogens with zero attached hydrogens (tertiary/aromatic N) is 2. The van der Waals surface area contributed by atoms with Gasteiger partial charge in [0, 0.05) is 6.54 Å². The third-order valence-electron chi connectivity index (χ3n) is 4.00. The monoisotopic (exact) mass is 298 g/mol. The smallest absolute Gasteiger partial charge is 0.224 e. The SMILES string of the molecule is CCNc1ncc(Cl)c(NC2(CO)CCC(C)CC2)n1. The predicted molar refractivity (Wildman–Crippen MR) is 82.3 cm³/mol. The summed E-state index contributed by atoms with van der Waals surface area (Å²) in [5, 5.41) is 16.7. The predicted octanol–water partition coefficient (Wildman–Crippen LogP) is 2.91. The fourth-order valence-electron chi connectivity index (χ4n) is 2.59. The van der Waals surface area contributed by atoms with Gasteiger partial charge in [-0.1, -0.05) is 18.5 Å². The average Bonchev–Trinajstić information content (AvgIpc) is 2.46. The van der Waals surface area contributed by atoms with Crippen molar-refractivity contribution in [3.63, 3.8) is 0 Å². The topological polar surface area (TPSA) is 70.1 Å². The molecule has 0 unspecified atom stereocenters. The molecule has 0 radical (unpaired) electrons. The van der Waals surface area contributed by atoms with E-state index in [9.17, 15) is 5.11 Å². The van der Waals surface area contributed by atoms with E-state index in [2.05, 4.69) is 27.5 Å². The second-order valence-corrected chi connectivity index (χ2v) is 6.07. The lowest BCUT2D eigenvalue weighted by molar-refractivity contribution is 0.155. The molecule has 112 valence electrons. The highest BCUT2D eigenvalue weighted by atomic mass is 35.5. The summed E-state index contributed by atoms with van der Waals surface area (Å²) in [5.74, 6) is 1.87. The minimum atomic E-state index is -0.312. The van der Waals surface area contributed by atoms with Crippen LogP contribution >= 0.6 is 11.6 Å². The number of rotatable bonds is 5. The Morgan fingerprint density at radius 1 is 1.45 bits per heavy atom. The third-order valence-corrected chi connectivity index (χ3v) is 4.27. The maximum Gasteiger partial charge on any atom is 0.224 e. The van der Waals surface area contributed by atoms with Crippen LogP contribution in [0.3, 0.4) is 0 Å². The molecule has 6 heteroatoms. The standard InChI is InChI=1S/C14H23ClN4O/c1-3-16-13-17-8-11(15)12(18-13)19-14(9-20)6-4-10(2)5-7-14/h8,10,20H,3-7,9H2,1-2H3,(H2,16,17,18,19). The van der Waals surface area contributed by atoms with E-state index in [1.807, 2.05) is 6.92 Å². The number of hydrogen-bond acceptors (Lipinski definition) is 5. The van der Waals surface area contributed by atoms with E-state index < -0.39 is 0 Å². The van der Waals surface area contributed by atoms with Crippen molar-refractivity contribution >= 4 is 23.4 Å². The summed E-state index contributed by atoms with van der Waals surface area (Å²) in [5.41, 5.74) is -0.312. The van der Waals surface area contributed by atoms with E-state index >= 15 is 0 Å². The minimum absolute atomic E-state index is 0.0938. The molecular formula is C14H23ClN4O. The van der Waals surface area contributed by atoms with Crippen LogP contribution < -0.4 is 10.6 Å². The molecule has 1 saturated carbocycles. The van der Waals surface area contributed by atoms with E-state index in [1.165, 1.54) is 0 Å². The van der Waals surface area contributed by atoms with Crippen molar-refractivity contribution in [3.8, 4) is 0 Å². The zero-order valence-electron chi connectivity index (χ0n) is 12.1. The first-order chi connectivity index (χ1) is 9.58. The molecule has 20 heavy (non-hydrogen) atoms. The molecule has 1 aromatic heterocycles. The van der Waals surface area contributed by atoms with Crippen LogP contribution in [0.5, 0.6) is 0 Å². The summed E-state index contributed by atoms with van der Waals surface area (Å²) in [7, 11) is 0. The van der Waals surface area contributed by atoms with Crippen molar-refractivity contribution in [2.45, 2.75) is 45.1 Å². The highest BCUT2D eigenvalue weighted by Crippen LogP contribution is 2.35. The molecule has 0 atom stereocenters. The van der Waals surface area contributed by atoms with Gasteiger partial charge in [0.2, 0.25) is 5.95 Å². The van der Waals surface area contributed by atoms with E-state index in [0.29, 0.717) is 16.8 Å². The molecule has 3 N–H and O–H groups in total. The molecule has 0 bridgehead atoms. The second-order valence-electron chi connectivity index (χ2n) is 5.67. The lowest BCUT2D eigenvalue weighted by atomic mass is 9.77. The average molecular weight is 299 g/mol. The number of aliphatic hydroxyl groups excluding tert-OH is 1. The van der Waals surface area contributed by atoms with Crippen LogP contribution in [0.4, 0.5) is 11.8 Å². The van der Waals surface area contributed by atoms with Gasteiger partial charge in [-0.05, 0) is 38.5 Å². The maximum atomic E-state index is 9.79. The molecule has 2 rings (SSSR count). The summed E-state index contributed by atoms with van der Waals surface area (Å²) in [6.07, 6.45) is 5.67. The van der Waals surface area contributed by atoms with Gasteiger partial charge in [0.1, 0.15) is 5.02 Å². The summed E-state index contributed by atoms with van der Waals surface area (Å²) in [6, 6.07) is 0. The Balaban J connectivity index is 2.16. The van der Waals surface area contributed by atoms with Crippen LogP contribution in [0, 0.1) is 5.92 Å². The van der Waals surface area contributed by atoms with Crippen LogP contribution in [0.15, 0.2) is 6.20 Å². The second kappa shape index (κ2) is 6.59. The lowest BCUT2D eigenvalue weighted by Gasteiger charge is -2.39. The normalized spacial score (nSPS) is 26.3. The maximum absolute atomic E-state index is 9.79. The molecule has 0 amide bonds. The summed E-state index contributed by atoms with van der Waals surface area (Å²) in [4.78, 5) is 8.52. The molecule has 1 aliphatic rings. The van der Waals surface area contributed by atoms with Crippen LogP contribution in [0.25, 0.3) is 0 Å². The quantitative estimate of drug-likeness (QED) is 0.780. The van der Waals surface area contributed by atoms with Gasteiger partial charge in [-0.2, -0.15) is 4.98 Å². The lowest BCUT2D eigenvalue weighted by Crippen LogP contribution is -2.45. The number of nitrogens with one attached hydrogen (secondary N) is 2. The number of aromatic nitrogens is 2. The van der Waals surface area contributed by atoms with Gasteiger partial charge in [-0.3, -0.25) is 0 Å². The van der Waals surface area contributed by atoms with Gasteiger partial charge >= 0.3 is 0 Å². The minimum Gasteiger partial charge on any atom is -0.394 e. The van der Waals surface area contributed by atoms with Crippen LogP contribution in [0.1, 0.15) is 39.5 Å². The van der Waals surface area contributed by atoms with Gasteiger partial charge < -0.3 is 15.7 Å². The van der Waals surface area contributed by atoms with Crippen LogP contribution in [-0.2, 0) is 0 Å². The summed E-state index contributed by atoms with van der Waals surface area (Å²) in [6.45, 7) is 5.09. The molecule has 1 aromatic rings. The fourth-order valence-corrected chi connectivity index (χ4v) is 2.72. The molecule has 0 aromatic carbocycles.